The minimum absolute atomic E-state index is 0.00846. The second-order valence-electron chi connectivity index (χ2n) is 8.17. The maximum atomic E-state index is 13.3. The molecular weight excluding hydrogens is 406 g/mol. The first-order valence-electron chi connectivity index (χ1n) is 11.2. The monoisotopic (exact) mass is 435 g/mol. The largest absolute Gasteiger partial charge is 0.355 e. The molecule has 0 aliphatic heterocycles. The highest BCUT2D eigenvalue weighted by Crippen LogP contribution is 2.24. The van der Waals surface area contributed by atoms with E-state index < -0.39 is 0 Å². The Morgan fingerprint density at radius 2 is 1.84 bits per heavy atom. The summed E-state index contributed by atoms with van der Waals surface area (Å²) in [5.41, 5.74) is 2.52. The van der Waals surface area contributed by atoms with Crippen LogP contribution in [0, 0.1) is 5.92 Å². The van der Waals surface area contributed by atoms with Gasteiger partial charge in [0.15, 0.2) is 5.16 Å². The predicted octanol–water partition coefficient (Wildman–Crippen LogP) is 4.74. The van der Waals surface area contributed by atoms with Gasteiger partial charge in [0.2, 0.25) is 5.91 Å². The Balaban J connectivity index is 1.56. The molecule has 2 aromatic carbocycles. The molecule has 1 heterocycles. The number of rotatable bonds is 7. The maximum absolute atomic E-state index is 13.3. The van der Waals surface area contributed by atoms with E-state index in [1.54, 1.807) is 10.6 Å². The molecule has 0 saturated heterocycles. The Morgan fingerprint density at radius 1 is 1.10 bits per heavy atom. The molecule has 1 fully saturated rings. The van der Waals surface area contributed by atoms with Crippen molar-refractivity contribution in [3.8, 4) is 5.69 Å². The van der Waals surface area contributed by atoms with Crippen LogP contribution in [0.3, 0.4) is 0 Å². The fourth-order valence-corrected chi connectivity index (χ4v) is 4.99. The number of nitrogens with zero attached hydrogens (tertiary/aromatic N) is 2. The highest BCUT2D eigenvalue weighted by Gasteiger charge is 2.17. The molecule has 0 atom stereocenters. The molecule has 1 aliphatic carbocycles. The van der Waals surface area contributed by atoms with Crippen molar-refractivity contribution in [2.75, 3.05) is 12.3 Å². The first kappa shape index (κ1) is 21.6. The van der Waals surface area contributed by atoms with Gasteiger partial charge in [-0.15, -0.1) is 0 Å². The van der Waals surface area contributed by atoms with Crippen LogP contribution < -0.4 is 10.9 Å². The fourth-order valence-electron chi connectivity index (χ4n) is 4.15. The van der Waals surface area contributed by atoms with Crippen molar-refractivity contribution in [2.24, 2.45) is 5.92 Å². The molecule has 162 valence electrons. The van der Waals surface area contributed by atoms with E-state index in [0.717, 1.165) is 18.7 Å². The van der Waals surface area contributed by atoms with Crippen molar-refractivity contribution in [3.05, 3.63) is 64.4 Å². The van der Waals surface area contributed by atoms with Gasteiger partial charge in [0.1, 0.15) is 0 Å². The lowest BCUT2D eigenvalue weighted by atomic mass is 9.89. The summed E-state index contributed by atoms with van der Waals surface area (Å²) in [7, 11) is 0. The number of amides is 1. The lowest BCUT2D eigenvalue weighted by Gasteiger charge is -2.21. The van der Waals surface area contributed by atoms with Gasteiger partial charge in [0.05, 0.1) is 22.3 Å². The SMILES string of the molecule is CCc1ccc(-n2c(SCC(=O)NCC3CCCCC3)nc3ccccc3c2=O)cc1. The smallest absolute Gasteiger partial charge is 0.266 e. The molecular formula is C25H29N3O2S. The number of hydrogen-bond acceptors (Lipinski definition) is 4. The van der Waals surface area contributed by atoms with Gasteiger partial charge in [0, 0.05) is 6.54 Å². The molecule has 5 nitrogen and oxygen atoms in total. The highest BCUT2D eigenvalue weighted by molar-refractivity contribution is 7.99. The van der Waals surface area contributed by atoms with Crippen LogP contribution in [0.5, 0.6) is 0 Å². The number of benzene rings is 2. The van der Waals surface area contributed by atoms with Crippen molar-refractivity contribution < 1.29 is 4.79 Å². The predicted molar refractivity (Wildman–Crippen MR) is 127 cm³/mol. The van der Waals surface area contributed by atoms with E-state index in [9.17, 15) is 9.59 Å². The van der Waals surface area contributed by atoms with Gasteiger partial charge in [-0.05, 0) is 55.0 Å². The molecule has 6 heteroatoms. The van der Waals surface area contributed by atoms with Crippen LogP contribution in [0.15, 0.2) is 58.5 Å². The number of fused-ring (bicyclic) bond motifs is 1. The van der Waals surface area contributed by atoms with Gasteiger partial charge in [-0.3, -0.25) is 14.2 Å². The van der Waals surface area contributed by atoms with Crippen molar-refractivity contribution in [1.82, 2.24) is 14.9 Å². The van der Waals surface area contributed by atoms with Gasteiger partial charge in [-0.25, -0.2) is 4.98 Å². The van der Waals surface area contributed by atoms with E-state index in [1.165, 1.54) is 49.4 Å². The second-order valence-corrected chi connectivity index (χ2v) is 9.11. The zero-order valence-corrected chi connectivity index (χ0v) is 18.8. The number of nitrogens with one attached hydrogen (secondary N) is 1. The number of aromatic nitrogens is 2. The molecule has 1 aliphatic rings. The summed E-state index contributed by atoms with van der Waals surface area (Å²) in [6.07, 6.45) is 7.18. The van der Waals surface area contributed by atoms with Crippen molar-refractivity contribution in [1.29, 1.82) is 0 Å². The summed E-state index contributed by atoms with van der Waals surface area (Å²) in [5.74, 6) is 0.826. The summed E-state index contributed by atoms with van der Waals surface area (Å²) in [5, 5.41) is 4.19. The average molecular weight is 436 g/mol. The van der Waals surface area contributed by atoms with Crippen LogP contribution >= 0.6 is 11.8 Å². The summed E-state index contributed by atoms with van der Waals surface area (Å²) in [6.45, 7) is 2.85. The van der Waals surface area contributed by atoms with Crippen molar-refractivity contribution >= 4 is 28.6 Å². The first-order valence-corrected chi connectivity index (χ1v) is 12.1. The molecule has 31 heavy (non-hydrogen) atoms. The van der Waals surface area contributed by atoms with Gasteiger partial charge in [-0.2, -0.15) is 0 Å². The Morgan fingerprint density at radius 3 is 2.58 bits per heavy atom. The van der Waals surface area contributed by atoms with E-state index in [0.29, 0.717) is 22.0 Å². The zero-order chi connectivity index (χ0) is 21.6. The zero-order valence-electron chi connectivity index (χ0n) is 18.0. The summed E-state index contributed by atoms with van der Waals surface area (Å²) >= 11 is 1.32. The van der Waals surface area contributed by atoms with Crippen molar-refractivity contribution in [3.63, 3.8) is 0 Å². The Kier molecular flexibility index (Phi) is 7.07. The normalized spacial score (nSPS) is 14.6. The number of carbonyl (C=O) groups is 1. The minimum Gasteiger partial charge on any atom is -0.355 e. The van der Waals surface area contributed by atoms with E-state index in [1.807, 2.05) is 42.5 Å². The van der Waals surface area contributed by atoms with Gasteiger partial charge in [0.25, 0.3) is 5.56 Å². The van der Waals surface area contributed by atoms with E-state index >= 15 is 0 Å². The Labute approximate surface area is 187 Å². The first-order chi connectivity index (χ1) is 15.2. The maximum Gasteiger partial charge on any atom is 0.266 e. The molecule has 4 rings (SSSR count). The van der Waals surface area contributed by atoms with Crippen LogP contribution in [0.2, 0.25) is 0 Å². The van der Waals surface area contributed by atoms with Gasteiger partial charge in [-0.1, -0.05) is 62.2 Å². The van der Waals surface area contributed by atoms with E-state index in [2.05, 4.69) is 12.2 Å². The van der Waals surface area contributed by atoms with Crippen LogP contribution in [-0.2, 0) is 11.2 Å². The third-order valence-electron chi connectivity index (χ3n) is 5.99. The van der Waals surface area contributed by atoms with Crippen LogP contribution in [-0.4, -0.2) is 27.8 Å². The van der Waals surface area contributed by atoms with E-state index in [-0.39, 0.29) is 17.2 Å². The Bertz CT molecular complexity index is 1100. The number of thioether (sulfide) groups is 1. The lowest BCUT2D eigenvalue weighted by Crippen LogP contribution is -2.31. The number of aryl methyl sites for hydroxylation is 1. The second kappa shape index (κ2) is 10.1. The molecule has 1 aromatic heterocycles. The molecule has 0 bridgehead atoms. The fraction of sp³-hybridized carbons (Fsp3) is 0.400. The third kappa shape index (κ3) is 5.18. The topological polar surface area (TPSA) is 64.0 Å². The molecule has 1 amide bonds. The van der Waals surface area contributed by atoms with Crippen molar-refractivity contribution in [2.45, 2.75) is 50.6 Å². The van der Waals surface area contributed by atoms with Crippen LogP contribution in [0.4, 0.5) is 0 Å². The standard InChI is InChI=1S/C25H29N3O2S/c1-2-18-12-14-20(15-13-18)28-24(30)21-10-6-7-11-22(21)27-25(28)31-17-23(29)26-16-19-8-4-3-5-9-19/h6-7,10-15,19H,2-5,8-9,16-17H2,1H3,(H,26,29). The minimum atomic E-state index is -0.111. The third-order valence-corrected chi connectivity index (χ3v) is 6.93. The Hall–Kier alpha value is -2.60. The van der Waals surface area contributed by atoms with Gasteiger partial charge >= 0.3 is 0 Å². The molecule has 1 N–H and O–H groups in total. The molecule has 0 unspecified atom stereocenters. The number of para-hydroxylation sites is 1. The average Bonchev–Trinajstić information content (AvgIpc) is 2.82. The molecule has 0 radical (unpaired) electrons. The molecule has 0 spiro atoms. The number of hydrogen-bond donors (Lipinski definition) is 1. The quantitative estimate of drug-likeness (QED) is 0.430. The van der Waals surface area contributed by atoms with Crippen LogP contribution in [0.1, 0.15) is 44.6 Å². The molecule has 1 saturated carbocycles. The highest BCUT2D eigenvalue weighted by atomic mass is 32.2. The summed E-state index contributed by atoms with van der Waals surface area (Å²) in [4.78, 5) is 30.5. The summed E-state index contributed by atoms with van der Waals surface area (Å²) < 4.78 is 1.63. The lowest BCUT2D eigenvalue weighted by molar-refractivity contribution is -0.118. The van der Waals surface area contributed by atoms with Crippen LogP contribution in [0.25, 0.3) is 16.6 Å². The molecule has 3 aromatic rings. The number of carbonyl (C=O) groups excluding carboxylic acids is 1. The van der Waals surface area contributed by atoms with E-state index in [4.69, 9.17) is 4.98 Å². The summed E-state index contributed by atoms with van der Waals surface area (Å²) in [6, 6.07) is 15.3. The van der Waals surface area contributed by atoms with Gasteiger partial charge < -0.3 is 5.32 Å².